The third-order valence-corrected chi connectivity index (χ3v) is 1.94. The van der Waals surface area contributed by atoms with Gasteiger partial charge in [-0.2, -0.15) is 5.10 Å². The van der Waals surface area contributed by atoms with Crippen molar-refractivity contribution in [3.63, 3.8) is 0 Å². The lowest BCUT2D eigenvalue weighted by atomic mass is 10.3. The predicted octanol–water partition coefficient (Wildman–Crippen LogP) is 2.98. The maximum Gasteiger partial charge on any atom is 0.341 e. The highest BCUT2D eigenvalue weighted by Crippen LogP contribution is 2.11. The Morgan fingerprint density at radius 2 is 2.06 bits per heavy atom. The number of carbonyl (C=O) groups excluding carboxylic acids is 1. The molecule has 4 heteroatoms. The molecule has 0 fully saturated rings. The van der Waals surface area contributed by atoms with Crippen molar-refractivity contribution in [3.8, 4) is 0 Å². The van der Waals surface area contributed by atoms with Crippen molar-refractivity contribution in [2.24, 2.45) is 0 Å². The average Bonchev–Trinajstić information content (AvgIpc) is 2.64. The van der Waals surface area contributed by atoms with Gasteiger partial charge in [0, 0.05) is 12.2 Å². The van der Waals surface area contributed by atoms with Crippen molar-refractivity contribution in [1.82, 2.24) is 9.78 Å². The smallest absolute Gasteiger partial charge is 0.341 e. The molecule has 0 bridgehead atoms. The summed E-state index contributed by atoms with van der Waals surface area (Å²) >= 11 is 0. The second-order valence-electron chi connectivity index (χ2n) is 3.42. The number of aryl methyl sites for hydroxylation is 1. The van der Waals surface area contributed by atoms with Crippen LogP contribution in [0.1, 0.15) is 56.7 Å². The SMILES string of the molecule is CC.CCOC(=O)c1cn(C(C)C)nc1C. The van der Waals surface area contributed by atoms with Gasteiger partial charge in [0.1, 0.15) is 5.56 Å². The van der Waals surface area contributed by atoms with Crippen molar-refractivity contribution >= 4 is 5.97 Å². The molecule has 0 aliphatic carbocycles. The van der Waals surface area contributed by atoms with E-state index in [0.717, 1.165) is 5.69 Å². The first-order chi connectivity index (χ1) is 7.56. The Labute approximate surface area is 97.6 Å². The number of hydrogen-bond acceptors (Lipinski definition) is 3. The molecule has 0 atom stereocenters. The summed E-state index contributed by atoms with van der Waals surface area (Å²) in [6, 6.07) is 0.261. The summed E-state index contributed by atoms with van der Waals surface area (Å²) in [5, 5.41) is 4.23. The van der Waals surface area contributed by atoms with Gasteiger partial charge in [-0.15, -0.1) is 0 Å². The highest BCUT2D eigenvalue weighted by Gasteiger charge is 2.14. The van der Waals surface area contributed by atoms with Crippen LogP contribution in [0, 0.1) is 6.92 Å². The van der Waals surface area contributed by atoms with E-state index in [2.05, 4.69) is 5.10 Å². The first kappa shape index (κ1) is 14.7. The summed E-state index contributed by atoms with van der Waals surface area (Å²) in [7, 11) is 0. The summed E-state index contributed by atoms with van der Waals surface area (Å²) in [6.45, 7) is 12.0. The van der Waals surface area contributed by atoms with E-state index in [1.165, 1.54) is 0 Å². The van der Waals surface area contributed by atoms with E-state index in [4.69, 9.17) is 4.74 Å². The molecule has 0 aliphatic heterocycles. The molecular weight excluding hydrogens is 204 g/mol. The standard InChI is InChI=1S/C10H16N2O2.C2H6/c1-5-14-10(13)9-6-12(7(2)3)11-8(9)4;1-2/h6-7H,5H2,1-4H3;1-2H3. The molecule has 4 nitrogen and oxygen atoms in total. The maximum absolute atomic E-state index is 11.4. The van der Waals surface area contributed by atoms with Gasteiger partial charge in [0.25, 0.3) is 0 Å². The molecule has 92 valence electrons. The van der Waals surface area contributed by atoms with Crippen LogP contribution in [0.3, 0.4) is 0 Å². The van der Waals surface area contributed by atoms with E-state index >= 15 is 0 Å². The van der Waals surface area contributed by atoms with Gasteiger partial charge in [-0.3, -0.25) is 4.68 Å². The van der Waals surface area contributed by atoms with Crippen molar-refractivity contribution in [2.45, 2.75) is 47.6 Å². The van der Waals surface area contributed by atoms with Crippen LogP contribution in [0.15, 0.2) is 6.20 Å². The van der Waals surface area contributed by atoms with Crippen LogP contribution in [0.5, 0.6) is 0 Å². The molecule has 0 saturated heterocycles. The van der Waals surface area contributed by atoms with Gasteiger partial charge in [-0.1, -0.05) is 13.8 Å². The maximum atomic E-state index is 11.4. The molecule has 0 spiro atoms. The van der Waals surface area contributed by atoms with Crippen molar-refractivity contribution in [3.05, 3.63) is 17.5 Å². The van der Waals surface area contributed by atoms with E-state index < -0.39 is 0 Å². The second-order valence-corrected chi connectivity index (χ2v) is 3.42. The lowest BCUT2D eigenvalue weighted by Crippen LogP contribution is -2.05. The van der Waals surface area contributed by atoms with Crippen LogP contribution in [-0.4, -0.2) is 22.4 Å². The Morgan fingerprint density at radius 1 is 1.50 bits per heavy atom. The summed E-state index contributed by atoms with van der Waals surface area (Å²) < 4.78 is 6.68. The van der Waals surface area contributed by atoms with Gasteiger partial charge in [-0.05, 0) is 27.7 Å². The second kappa shape index (κ2) is 7.04. The van der Waals surface area contributed by atoms with E-state index in [-0.39, 0.29) is 12.0 Å². The summed E-state index contributed by atoms with van der Waals surface area (Å²) in [4.78, 5) is 11.4. The van der Waals surface area contributed by atoms with E-state index in [0.29, 0.717) is 12.2 Å². The Hall–Kier alpha value is -1.32. The molecule has 0 saturated carbocycles. The lowest BCUT2D eigenvalue weighted by Gasteiger charge is -2.02. The zero-order valence-electron chi connectivity index (χ0n) is 11.1. The minimum absolute atomic E-state index is 0.261. The molecule has 16 heavy (non-hydrogen) atoms. The summed E-state index contributed by atoms with van der Waals surface area (Å²) in [5.41, 5.74) is 1.28. The highest BCUT2D eigenvalue weighted by molar-refractivity contribution is 5.90. The number of rotatable bonds is 3. The zero-order valence-corrected chi connectivity index (χ0v) is 11.1. The number of hydrogen-bond donors (Lipinski definition) is 0. The van der Waals surface area contributed by atoms with Crippen LogP contribution >= 0.6 is 0 Å². The molecule has 1 aromatic rings. The Morgan fingerprint density at radius 3 is 2.44 bits per heavy atom. The molecule has 0 aliphatic rings. The fourth-order valence-electron chi connectivity index (χ4n) is 1.16. The van der Waals surface area contributed by atoms with Crippen molar-refractivity contribution in [2.75, 3.05) is 6.61 Å². The normalized spacial score (nSPS) is 9.69. The number of aromatic nitrogens is 2. The molecule has 0 aromatic carbocycles. The largest absolute Gasteiger partial charge is 0.462 e. The minimum Gasteiger partial charge on any atom is -0.462 e. The van der Waals surface area contributed by atoms with Gasteiger partial charge < -0.3 is 4.74 Å². The number of nitrogens with zero attached hydrogens (tertiary/aromatic N) is 2. The third-order valence-electron chi connectivity index (χ3n) is 1.94. The minimum atomic E-state index is -0.295. The number of carbonyl (C=O) groups is 1. The molecule has 1 aromatic heterocycles. The van der Waals surface area contributed by atoms with Crippen molar-refractivity contribution in [1.29, 1.82) is 0 Å². The van der Waals surface area contributed by atoms with Gasteiger partial charge in [0.2, 0.25) is 0 Å². The first-order valence-electron chi connectivity index (χ1n) is 5.79. The van der Waals surface area contributed by atoms with Crippen LogP contribution in [0.25, 0.3) is 0 Å². The Balaban J connectivity index is 0.00000106. The molecule has 0 unspecified atom stereocenters. The average molecular weight is 226 g/mol. The zero-order chi connectivity index (χ0) is 12.7. The number of esters is 1. The monoisotopic (exact) mass is 226 g/mol. The molecule has 1 heterocycles. The summed E-state index contributed by atoms with van der Waals surface area (Å²) in [6.07, 6.45) is 1.73. The molecule has 0 amide bonds. The molecule has 1 rings (SSSR count). The van der Waals surface area contributed by atoms with E-state index in [1.807, 2.05) is 34.6 Å². The van der Waals surface area contributed by atoms with Gasteiger partial charge in [-0.25, -0.2) is 4.79 Å². The van der Waals surface area contributed by atoms with Gasteiger partial charge >= 0.3 is 5.97 Å². The topological polar surface area (TPSA) is 44.1 Å². The quantitative estimate of drug-likeness (QED) is 0.744. The van der Waals surface area contributed by atoms with E-state index in [1.54, 1.807) is 17.8 Å². The first-order valence-corrected chi connectivity index (χ1v) is 5.79. The Kier molecular flexibility index (Phi) is 6.46. The van der Waals surface area contributed by atoms with Crippen LogP contribution in [0.4, 0.5) is 0 Å². The predicted molar refractivity (Wildman–Crippen MR) is 64.7 cm³/mol. The van der Waals surface area contributed by atoms with Crippen LogP contribution in [-0.2, 0) is 4.74 Å². The summed E-state index contributed by atoms with van der Waals surface area (Å²) in [5.74, 6) is -0.295. The van der Waals surface area contributed by atoms with Gasteiger partial charge in [0.15, 0.2) is 0 Å². The fourth-order valence-corrected chi connectivity index (χ4v) is 1.16. The van der Waals surface area contributed by atoms with Crippen molar-refractivity contribution < 1.29 is 9.53 Å². The van der Waals surface area contributed by atoms with Crippen LogP contribution < -0.4 is 0 Å². The third kappa shape index (κ3) is 3.68. The Bertz CT molecular complexity index is 330. The lowest BCUT2D eigenvalue weighted by molar-refractivity contribution is 0.0525. The highest BCUT2D eigenvalue weighted by atomic mass is 16.5. The van der Waals surface area contributed by atoms with Gasteiger partial charge in [0.05, 0.1) is 12.3 Å². The number of ether oxygens (including phenoxy) is 1. The van der Waals surface area contributed by atoms with E-state index in [9.17, 15) is 4.79 Å². The molecular formula is C12H22N2O2. The fraction of sp³-hybridized carbons (Fsp3) is 0.667. The molecule has 0 N–H and O–H groups in total. The van der Waals surface area contributed by atoms with Crippen LogP contribution in [0.2, 0.25) is 0 Å². The molecule has 0 radical (unpaired) electrons.